The number of cyclic esters (lactones) is 1. The molecular formula is C27H42N2O6. The summed E-state index contributed by atoms with van der Waals surface area (Å²) < 4.78 is 13.6. The number of epoxide rings is 1. The maximum atomic E-state index is 13.2. The number of aromatic nitrogens is 2. The lowest BCUT2D eigenvalue weighted by atomic mass is 9.73. The summed E-state index contributed by atoms with van der Waals surface area (Å²) in [6.07, 6.45) is 3.74. The molecule has 0 unspecified atom stereocenters. The highest BCUT2D eigenvalue weighted by molar-refractivity contribution is 5.88. The Balaban J connectivity index is 1.85. The van der Waals surface area contributed by atoms with Crippen LogP contribution in [0.1, 0.15) is 79.3 Å². The van der Waals surface area contributed by atoms with Crippen molar-refractivity contribution in [3.63, 3.8) is 0 Å². The molecule has 3 heterocycles. The maximum Gasteiger partial charge on any atom is 0.309 e. The van der Waals surface area contributed by atoms with Crippen LogP contribution in [0, 0.1) is 17.3 Å². The third-order valence-corrected chi connectivity index (χ3v) is 8.02. The van der Waals surface area contributed by atoms with Crippen LogP contribution in [0.3, 0.4) is 0 Å². The number of aliphatic hydroxyl groups excluding tert-OH is 2. The summed E-state index contributed by atoms with van der Waals surface area (Å²) in [5.41, 5.74) is 0.0933. The Morgan fingerprint density at radius 3 is 2.54 bits per heavy atom. The molecule has 0 radical (unpaired) electrons. The van der Waals surface area contributed by atoms with Gasteiger partial charge in [-0.05, 0) is 50.3 Å². The highest BCUT2D eigenvalue weighted by Crippen LogP contribution is 2.45. The third kappa shape index (κ3) is 6.40. The van der Waals surface area contributed by atoms with E-state index in [0.29, 0.717) is 6.42 Å². The van der Waals surface area contributed by atoms with E-state index >= 15 is 0 Å². The van der Waals surface area contributed by atoms with Crippen molar-refractivity contribution in [2.45, 2.75) is 104 Å². The van der Waals surface area contributed by atoms with Gasteiger partial charge in [-0.3, -0.25) is 14.3 Å². The first-order chi connectivity index (χ1) is 16.2. The summed E-state index contributed by atoms with van der Waals surface area (Å²) in [7, 11) is 1.84. The smallest absolute Gasteiger partial charge is 0.309 e. The van der Waals surface area contributed by atoms with Gasteiger partial charge in [0.2, 0.25) is 0 Å². The molecule has 0 saturated carbocycles. The monoisotopic (exact) mass is 490 g/mol. The predicted octanol–water partition coefficient (Wildman–Crippen LogP) is 3.45. The Morgan fingerprint density at radius 1 is 1.23 bits per heavy atom. The molecule has 2 saturated heterocycles. The summed E-state index contributed by atoms with van der Waals surface area (Å²) in [5, 5.41) is 26.1. The zero-order chi connectivity index (χ0) is 26.1. The van der Waals surface area contributed by atoms with Crippen LogP contribution in [0.15, 0.2) is 17.8 Å². The SMILES string of the molecule is C/C(=C\c1ccn(C)n1)[C@@H]1C[C@@H]2O[C@]2(C)CCC[C@H](C)[C@H](O)[C@@H](C)C(=O)C(C)(C)[C@@H](O)CC(=O)O1. The van der Waals surface area contributed by atoms with Crippen LogP contribution in [0.5, 0.6) is 0 Å². The third-order valence-electron chi connectivity index (χ3n) is 8.02. The number of esters is 1. The van der Waals surface area contributed by atoms with Crippen molar-refractivity contribution in [3.8, 4) is 0 Å². The number of nitrogens with zero attached hydrogens (tertiary/aromatic N) is 2. The quantitative estimate of drug-likeness (QED) is 0.482. The lowest BCUT2D eigenvalue weighted by Gasteiger charge is -2.34. The van der Waals surface area contributed by atoms with E-state index in [9.17, 15) is 19.8 Å². The van der Waals surface area contributed by atoms with E-state index in [2.05, 4.69) is 12.0 Å². The fourth-order valence-corrected chi connectivity index (χ4v) is 5.13. The first-order valence-electron chi connectivity index (χ1n) is 12.7. The van der Waals surface area contributed by atoms with Gasteiger partial charge in [0.25, 0.3) is 0 Å². The van der Waals surface area contributed by atoms with Crippen LogP contribution in [-0.2, 0) is 26.1 Å². The summed E-state index contributed by atoms with van der Waals surface area (Å²) in [4.78, 5) is 26.1. The molecule has 35 heavy (non-hydrogen) atoms. The van der Waals surface area contributed by atoms with E-state index in [1.807, 2.05) is 39.2 Å². The molecule has 0 amide bonds. The highest BCUT2D eigenvalue weighted by Gasteiger charge is 2.53. The van der Waals surface area contributed by atoms with E-state index in [4.69, 9.17) is 9.47 Å². The Bertz CT molecular complexity index is 953. The van der Waals surface area contributed by atoms with E-state index in [0.717, 1.165) is 30.5 Å². The molecule has 1 aromatic heterocycles. The van der Waals surface area contributed by atoms with E-state index in [1.54, 1.807) is 25.5 Å². The minimum Gasteiger partial charge on any atom is -0.458 e. The molecule has 0 spiro atoms. The number of ether oxygens (including phenoxy) is 2. The van der Waals surface area contributed by atoms with Gasteiger partial charge < -0.3 is 19.7 Å². The minimum absolute atomic E-state index is 0.0533. The van der Waals surface area contributed by atoms with E-state index < -0.39 is 35.6 Å². The fraction of sp³-hybridized carbons (Fsp3) is 0.741. The number of fused-ring (bicyclic) bond motifs is 1. The molecule has 7 atom stereocenters. The maximum absolute atomic E-state index is 13.2. The Kier molecular flexibility index (Phi) is 8.29. The van der Waals surface area contributed by atoms with E-state index in [-0.39, 0.29) is 29.8 Å². The van der Waals surface area contributed by atoms with Crippen molar-refractivity contribution in [2.75, 3.05) is 0 Å². The first-order valence-corrected chi connectivity index (χ1v) is 12.7. The van der Waals surface area contributed by atoms with Crippen molar-refractivity contribution in [2.24, 2.45) is 24.3 Å². The number of hydrogen-bond acceptors (Lipinski definition) is 7. The molecule has 2 aliphatic rings. The van der Waals surface area contributed by atoms with Gasteiger partial charge in [0.05, 0.1) is 41.4 Å². The molecule has 8 heteroatoms. The Morgan fingerprint density at radius 2 is 1.91 bits per heavy atom. The van der Waals surface area contributed by atoms with Crippen LogP contribution in [-0.4, -0.2) is 61.8 Å². The molecule has 8 nitrogen and oxygen atoms in total. The molecule has 2 N–H and O–H groups in total. The number of aryl methyl sites for hydroxylation is 1. The Hall–Kier alpha value is -2.03. The number of rotatable bonds is 2. The van der Waals surface area contributed by atoms with Crippen molar-refractivity contribution < 1.29 is 29.3 Å². The summed E-state index contributed by atoms with van der Waals surface area (Å²) in [5.74, 6) is -1.56. The summed E-state index contributed by atoms with van der Waals surface area (Å²) in [6, 6.07) is 1.88. The fourth-order valence-electron chi connectivity index (χ4n) is 5.13. The van der Waals surface area contributed by atoms with Crippen LogP contribution in [0.4, 0.5) is 0 Å². The molecule has 0 aromatic carbocycles. The van der Waals surface area contributed by atoms with Crippen molar-refractivity contribution in [1.29, 1.82) is 0 Å². The number of aliphatic hydroxyl groups is 2. The minimum atomic E-state index is -1.23. The lowest BCUT2D eigenvalue weighted by molar-refractivity contribution is -0.154. The molecule has 2 fully saturated rings. The van der Waals surface area contributed by atoms with Crippen molar-refractivity contribution in [3.05, 3.63) is 23.5 Å². The van der Waals surface area contributed by atoms with Crippen LogP contribution in [0.25, 0.3) is 6.08 Å². The largest absolute Gasteiger partial charge is 0.458 e. The Labute approximate surface area is 208 Å². The average molecular weight is 491 g/mol. The lowest BCUT2D eigenvalue weighted by Crippen LogP contribution is -2.45. The van der Waals surface area contributed by atoms with Crippen molar-refractivity contribution >= 4 is 17.8 Å². The molecule has 1 aromatic rings. The molecule has 0 aliphatic carbocycles. The van der Waals surface area contributed by atoms with E-state index in [1.165, 1.54) is 0 Å². The van der Waals surface area contributed by atoms with Gasteiger partial charge in [-0.2, -0.15) is 5.10 Å². The summed E-state index contributed by atoms with van der Waals surface area (Å²) in [6.45, 7) is 10.9. The first kappa shape index (κ1) is 27.6. The molecule has 196 valence electrons. The number of carbonyl (C=O) groups is 2. The second-order valence-corrected chi connectivity index (χ2v) is 11.4. The number of hydrogen-bond donors (Lipinski definition) is 2. The van der Waals surface area contributed by atoms with Crippen molar-refractivity contribution in [1.82, 2.24) is 9.78 Å². The summed E-state index contributed by atoms with van der Waals surface area (Å²) >= 11 is 0. The van der Waals surface area contributed by atoms with Gasteiger partial charge in [-0.15, -0.1) is 0 Å². The van der Waals surface area contributed by atoms with Crippen LogP contribution >= 0.6 is 0 Å². The van der Waals surface area contributed by atoms with Crippen LogP contribution in [0.2, 0.25) is 0 Å². The molecule has 2 aliphatic heterocycles. The topological polar surface area (TPSA) is 114 Å². The molecule has 0 bridgehead atoms. The van der Waals surface area contributed by atoms with Gasteiger partial charge in [-0.1, -0.05) is 34.1 Å². The average Bonchev–Trinajstić information content (AvgIpc) is 3.22. The molecule has 3 rings (SSSR count). The van der Waals surface area contributed by atoms with Crippen LogP contribution < -0.4 is 0 Å². The number of Topliss-reactive ketones (excluding diaryl/α,β-unsaturated/α-hetero) is 1. The second kappa shape index (κ2) is 10.5. The van der Waals surface area contributed by atoms with Gasteiger partial charge in [0.15, 0.2) is 0 Å². The second-order valence-electron chi connectivity index (χ2n) is 11.4. The van der Waals surface area contributed by atoms with Gasteiger partial charge in [-0.25, -0.2) is 0 Å². The standard InChI is InChI=1S/C27H42N2O6/c1-16-9-8-11-27(6)22(35-27)14-20(17(2)13-19-10-12-29(7)28-19)34-23(31)15-21(30)26(4,5)25(33)18(3)24(16)32/h10,12-13,16,18,20-22,24,30,32H,8-9,11,14-15H2,1-7H3/b17-13+/t16-,18+,20-,21-,22-,24-,27+/m0/s1. The molecular weight excluding hydrogens is 448 g/mol. The zero-order valence-corrected chi connectivity index (χ0v) is 22.2. The van der Waals surface area contributed by atoms with Gasteiger partial charge >= 0.3 is 5.97 Å². The normalized spacial score (nSPS) is 37.5. The predicted molar refractivity (Wildman–Crippen MR) is 132 cm³/mol. The highest BCUT2D eigenvalue weighted by atomic mass is 16.6. The van der Waals surface area contributed by atoms with Gasteiger partial charge in [0, 0.05) is 25.6 Å². The van der Waals surface area contributed by atoms with Gasteiger partial charge in [0.1, 0.15) is 11.9 Å². The zero-order valence-electron chi connectivity index (χ0n) is 22.2. The number of carbonyl (C=O) groups excluding carboxylic acids is 2. The number of ketones is 1.